The lowest BCUT2D eigenvalue weighted by Crippen LogP contribution is -2.20. The first kappa shape index (κ1) is 19.5. The van der Waals surface area contributed by atoms with Crippen LogP contribution in [0, 0.1) is 0 Å². The van der Waals surface area contributed by atoms with E-state index in [9.17, 15) is 9.90 Å². The van der Waals surface area contributed by atoms with Gasteiger partial charge in [0, 0.05) is 0 Å². The molecule has 3 heteroatoms. The summed E-state index contributed by atoms with van der Waals surface area (Å²) in [6.45, 7) is 16.7. The summed E-state index contributed by atoms with van der Waals surface area (Å²) in [4.78, 5) is 12.2. The Morgan fingerprint density at radius 3 is 1.87 bits per heavy atom. The largest absolute Gasteiger partial charge is 0.507 e. The number of phenolic OH excluding ortho intramolecular Hbond substituents is 1. The average Bonchev–Trinajstić information content (AvgIpc) is 2.41. The van der Waals surface area contributed by atoms with Crippen molar-refractivity contribution in [2.24, 2.45) is 0 Å². The fourth-order valence-electron chi connectivity index (χ4n) is 2.51. The molecular weight excluding hydrogens is 288 g/mol. The molecule has 1 rings (SSSR count). The molecule has 0 fully saturated rings. The van der Waals surface area contributed by atoms with Crippen molar-refractivity contribution >= 4 is 5.97 Å². The molecule has 0 aliphatic carbocycles. The van der Waals surface area contributed by atoms with E-state index in [1.807, 2.05) is 26.0 Å². The fourth-order valence-corrected chi connectivity index (χ4v) is 2.51. The molecule has 1 unspecified atom stereocenters. The third-order valence-electron chi connectivity index (χ3n) is 4.05. The van der Waals surface area contributed by atoms with Gasteiger partial charge in [-0.1, -0.05) is 60.6 Å². The van der Waals surface area contributed by atoms with E-state index in [2.05, 4.69) is 41.5 Å². The zero-order valence-corrected chi connectivity index (χ0v) is 15.9. The predicted octanol–water partition coefficient (Wildman–Crippen LogP) is 5.04. The SMILES string of the molecule is CCCOC(=O)C(C)c1cc(C(C)(C)C)c(O)c(C(C)(C)C)c1. The number of esters is 1. The molecule has 0 aliphatic heterocycles. The molecule has 0 heterocycles. The second-order valence-corrected chi connectivity index (χ2v) is 8.35. The molecule has 1 N–H and O–H groups in total. The van der Waals surface area contributed by atoms with Crippen LogP contribution in [-0.4, -0.2) is 17.7 Å². The van der Waals surface area contributed by atoms with E-state index in [1.54, 1.807) is 0 Å². The number of aromatic hydroxyl groups is 1. The van der Waals surface area contributed by atoms with Crippen LogP contribution < -0.4 is 0 Å². The highest BCUT2D eigenvalue weighted by molar-refractivity contribution is 5.78. The van der Waals surface area contributed by atoms with Crippen molar-refractivity contribution in [2.75, 3.05) is 6.61 Å². The zero-order chi connectivity index (χ0) is 18.0. The van der Waals surface area contributed by atoms with Gasteiger partial charge in [0.2, 0.25) is 0 Å². The number of rotatable bonds is 4. The number of carbonyl (C=O) groups is 1. The van der Waals surface area contributed by atoms with Gasteiger partial charge in [-0.05, 0) is 40.9 Å². The van der Waals surface area contributed by atoms with Crippen LogP contribution in [0.4, 0.5) is 0 Å². The highest BCUT2D eigenvalue weighted by Gasteiger charge is 2.29. The molecule has 0 saturated carbocycles. The highest BCUT2D eigenvalue weighted by atomic mass is 16.5. The van der Waals surface area contributed by atoms with E-state index in [0.29, 0.717) is 12.4 Å². The van der Waals surface area contributed by atoms with Gasteiger partial charge in [-0.15, -0.1) is 0 Å². The van der Waals surface area contributed by atoms with Gasteiger partial charge in [-0.3, -0.25) is 4.79 Å². The highest BCUT2D eigenvalue weighted by Crippen LogP contribution is 2.41. The smallest absolute Gasteiger partial charge is 0.313 e. The van der Waals surface area contributed by atoms with Crippen molar-refractivity contribution < 1.29 is 14.6 Å². The molecule has 0 saturated heterocycles. The second-order valence-electron chi connectivity index (χ2n) is 8.35. The summed E-state index contributed by atoms with van der Waals surface area (Å²) in [5, 5.41) is 10.7. The number of carbonyl (C=O) groups excluding carboxylic acids is 1. The van der Waals surface area contributed by atoms with Crippen LogP contribution in [0.15, 0.2) is 12.1 Å². The second kappa shape index (κ2) is 6.94. The summed E-state index contributed by atoms with van der Waals surface area (Å²) in [6.07, 6.45) is 0.814. The Labute approximate surface area is 141 Å². The van der Waals surface area contributed by atoms with Crippen molar-refractivity contribution in [2.45, 2.75) is 78.6 Å². The molecule has 0 aliphatic rings. The molecular formula is C20H32O3. The van der Waals surface area contributed by atoms with E-state index in [0.717, 1.165) is 23.1 Å². The molecule has 3 nitrogen and oxygen atoms in total. The molecule has 1 aromatic rings. The van der Waals surface area contributed by atoms with Gasteiger partial charge in [-0.25, -0.2) is 0 Å². The number of phenols is 1. The summed E-state index contributed by atoms with van der Waals surface area (Å²) in [6, 6.07) is 3.89. The van der Waals surface area contributed by atoms with Crippen molar-refractivity contribution in [3.05, 3.63) is 28.8 Å². The van der Waals surface area contributed by atoms with E-state index in [1.165, 1.54) is 0 Å². The van der Waals surface area contributed by atoms with Gasteiger partial charge in [-0.2, -0.15) is 0 Å². The normalized spacial score (nSPS) is 13.7. The number of hydrogen-bond donors (Lipinski definition) is 1. The van der Waals surface area contributed by atoms with E-state index < -0.39 is 0 Å². The molecule has 0 radical (unpaired) electrons. The fraction of sp³-hybridized carbons (Fsp3) is 0.650. The maximum absolute atomic E-state index is 12.2. The third-order valence-corrected chi connectivity index (χ3v) is 4.05. The molecule has 23 heavy (non-hydrogen) atoms. The van der Waals surface area contributed by atoms with Gasteiger partial charge < -0.3 is 9.84 Å². The standard InChI is InChI=1S/C20H32O3/c1-9-10-23-18(22)13(2)14-11-15(19(3,4)5)17(21)16(12-14)20(6,7)8/h11-13,21H,9-10H2,1-8H3. The summed E-state index contributed by atoms with van der Waals surface area (Å²) in [5.74, 6) is -0.218. The van der Waals surface area contributed by atoms with Crippen LogP contribution in [0.2, 0.25) is 0 Å². The van der Waals surface area contributed by atoms with Gasteiger partial charge >= 0.3 is 5.97 Å². The Hall–Kier alpha value is -1.51. The monoisotopic (exact) mass is 320 g/mol. The van der Waals surface area contributed by atoms with Crippen molar-refractivity contribution in [3.63, 3.8) is 0 Å². The lowest BCUT2D eigenvalue weighted by molar-refractivity contribution is -0.145. The minimum Gasteiger partial charge on any atom is -0.507 e. The lowest BCUT2D eigenvalue weighted by atomic mass is 9.77. The summed E-state index contributed by atoms with van der Waals surface area (Å²) < 4.78 is 5.29. The molecule has 130 valence electrons. The molecule has 0 spiro atoms. The summed E-state index contributed by atoms with van der Waals surface area (Å²) in [5.41, 5.74) is 2.24. The third kappa shape index (κ3) is 4.73. The average molecular weight is 320 g/mol. The van der Waals surface area contributed by atoms with Crippen LogP contribution in [0.1, 0.15) is 84.4 Å². The Bertz CT molecular complexity index is 524. The molecule has 0 bridgehead atoms. The van der Waals surface area contributed by atoms with Crippen LogP contribution in [0.3, 0.4) is 0 Å². The van der Waals surface area contributed by atoms with Gasteiger partial charge in [0.15, 0.2) is 0 Å². The van der Waals surface area contributed by atoms with Crippen molar-refractivity contribution in [1.29, 1.82) is 0 Å². The summed E-state index contributed by atoms with van der Waals surface area (Å²) >= 11 is 0. The first-order valence-corrected chi connectivity index (χ1v) is 8.44. The maximum Gasteiger partial charge on any atom is 0.313 e. The van der Waals surface area contributed by atoms with Gasteiger partial charge in [0.1, 0.15) is 5.75 Å². The maximum atomic E-state index is 12.2. The molecule has 0 aromatic heterocycles. The Balaban J connectivity index is 3.41. The van der Waals surface area contributed by atoms with Crippen LogP contribution in [0.5, 0.6) is 5.75 Å². The van der Waals surface area contributed by atoms with E-state index in [-0.39, 0.29) is 22.7 Å². The first-order chi connectivity index (χ1) is 10.4. The minimum atomic E-state index is -0.343. The Kier molecular flexibility index (Phi) is 5.89. The quantitative estimate of drug-likeness (QED) is 0.790. The van der Waals surface area contributed by atoms with E-state index in [4.69, 9.17) is 4.74 Å². The number of benzene rings is 1. The minimum absolute atomic E-state index is 0.201. The van der Waals surface area contributed by atoms with Gasteiger partial charge in [0.05, 0.1) is 12.5 Å². The van der Waals surface area contributed by atoms with Gasteiger partial charge in [0.25, 0.3) is 0 Å². The number of hydrogen-bond acceptors (Lipinski definition) is 3. The molecule has 1 atom stereocenters. The van der Waals surface area contributed by atoms with E-state index >= 15 is 0 Å². The topological polar surface area (TPSA) is 46.5 Å². The predicted molar refractivity (Wildman–Crippen MR) is 95.2 cm³/mol. The Morgan fingerprint density at radius 1 is 1.09 bits per heavy atom. The lowest BCUT2D eigenvalue weighted by Gasteiger charge is -2.29. The summed E-state index contributed by atoms with van der Waals surface area (Å²) in [7, 11) is 0. The van der Waals surface area contributed by atoms with Crippen LogP contribution in [0.25, 0.3) is 0 Å². The Morgan fingerprint density at radius 2 is 1.52 bits per heavy atom. The molecule has 0 amide bonds. The van der Waals surface area contributed by atoms with Crippen molar-refractivity contribution in [3.8, 4) is 5.75 Å². The number of ether oxygens (including phenoxy) is 1. The van der Waals surface area contributed by atoms with Crippen LogP contribution >= 0.6 is 0 Å². The van der Waals surface area contributed by atoms with Crippen LogP contribution in [-0.2, 0) is 20.4 Å². The molecule has 1 aromatic carbocycles. The first-order valence-electron chi connectivity index (χ1n) is 8.44. The van der Waals surface area contributed by atoms with Crippen molar-refractivity contribution in [1.82, 2.24) is 0 Å². The zero-order valence-electron chi connectivity index (χ0n) is 15.9.